The third kappa shape index (κ3) is 5.02. The molecule has 176 valence electrons. The molecule has 0 aliphatic carbocycles. The first-order chi connectivity index (χ1) is 16.6. The molecule has 0 saturated carbocycles. The number of nitrogens with one attached hydrogen (secondary N) is 1. The van der Waals surface area contributed by atoms with Gasteiger partial charge in [-0.25, -0.2) is 9.50 Å². The minimum absolute atomic E-state index is 0.263. The molecule has 1 N–H and O–H groups in total. The fourth-order valence-corrected chi connectivity index (χ4v) is 5.16. The molecule has 2 aromatic heterocycles. The first-order valence-corrected chi connectivity index (χ1v) is 12.5. The lowest BCUT2D eigenvalue weighted by Gasteiger charge is -2.33. The molecule has 0 bridgehead atoms. The van der Waals surface area contributed by atoms with Crippen LogP contribution in [0.2, 0.25) is 5.02 Å². The van der Waals surface area contributed by atoms with Crippen molar-refractivity contribution >= 4 is 17.2 Å². The molecule has 1 aliphatic heterocycles. The van der Waals surface area contributed by atoms with Gasteiger partial charge in [-0.3, -0.25) is 4.90 Å². The van der Waals surface area contributed by atoms with E-state index >= 15 is 0 Å². The number of rotatable bonds is 7. The number of nitrogens with zero attached hydrogens (tertiary/aromatic N) is 4. The van der Waals surface area contributed by atoms with Crippen molar-refractivity contribution in [1.82, 2.24) is 24.8 Å². The van der Waals surface area contributed by atoms with Gasteiger partial charge in [-0.05, 0) is 62.6 Å². The van der Waals surface area contributed by atoms with E-state index in [0.29, 0.717) is 5.92 Å². The van der Waals surface area contributed by atoms with Gasteiger partial charge < -0.3 is 5.32 Å². The van der Waals surface area contributed by atoms with Gasteiger partial charge in [0.15, 0.2) is 5.65 Å². The van der Waals surface area contributed by atoms with Crippen molar-refractivity contribution in [3.05, 3.63) is 100.0 Å². The lowest BCUT2D eigenvalue weighted by atomic mass is 9.94. The number of hydrogen-bond donors (Lipinski definition) is 1. The van der Waals surface area contributed by atoms with Crippen molar-refractivity contribution in [3.63, 3.8) is 0 Å². The topological polar surface area (TPSA) is 45.5 Å². The summed E-state index contributed by atoms with van der Waals surface area (Å²) in [6.45, 7) is 8.14. The Morgan fingerprint density at radius 2 is 1.88 bits per heavy atom. The molecular formula is C28H32ClN5. The summed E-state index contributed by atoms with van der Waals surface area (Å²) >= 11 is 6.06. The predicted molar refractivity (Wildman–Crippen MR) is 138 cm³/mol. The minimum atomic E-state index is 0.263. The molecule has 3 heterocycles. The Bertz CT molecular complexity index is 1240. The van der Waals surface area contributed by atoms with E-state index in [2.05, 4.69) is 77.1 Å². The third-order valence-electron chi connectivity index (χ3n) is 6.97. The Hall–Kier alpha value is -2.73. The van der Waals surface area contributed by atoms with Gasteiger partial charge in [-0.1, -0.05) is 54.1 Å². The van der Waals surface area contributed by atoms with E-state index in [1.165, 1.54) is 35.2 Å². The second-order valence-corrected chi connectivity index (χ2v) is 9.82. The van der Waals surface area contributed by atoms with E-state index in [4.69, 9.17) is 21.7 Å². The van der Waals surface area contributed by atoms with E-state index in [0.717, 1.165) is 42.5 Å². The van der Waals surface area contributed by atoms with Crippen LogP contribution < -0.4 is 5.32 Å². The molecule has 5 rings (SSSR count). The predicted octanol–water partition coefficient (Wildman–Crippen LogP) is 5.92. The van der Waals surface area contributed by atoms with Crippen LogP contribution in [0, 0.1) is 6.92 Å². The van der Waals surface area contributed by atoms with Crippen LogP contribution in [0.1, 0.15) is 59.8 Å². The van der Waals surface area contributed by atoms with Crippen LogP contribution in [0.4, 0.5) is 0 Å². The van der Waals surface area contributed by atoms with Crippen molar-refractivity contribution in [2.75, 3.05) is 13.1 Å². The van der Waals surface area contributed by atoms with Gasteiger partial charge >= 0.3 is 0 Å². The van der Waals surface area contributed by atoms with Gasteiger partial charge in [0, 0.05) is 48.4 Å². The summed E-state index contributed by atoms with van der Waals surface area (Å²) in [7, 11) is 0. The van der Waals surface area contributed by atoms with Crippen LogP contribution in [0.5, 0.6) is 0 Å². The first kappa shape index (κ1) is 23.0. The van der Waals surface area contributed by atoms with E-state index in [1.54, 1.807) is 0 Å². The molecule has 1 aliphatic rings. The maximum atomic E-state index is 6.06. The van der Waals surface area contributed by atoms with Crippen molar-refractivity contribution in [3.8, 4) is 0 Å². The molecule has 1 saturated heterocycles. The number of likely N-dealkylation sites (tertiary alicyclic amines) is 1. The Labute approximate surface area is 206 Å². The van der Waals surface area contributed by atoms with Gasteiger partial charge in [-0.15, -0.1) is 0 Å². The molecule has 1 fully saturated rings. The SMILES string of the molecule is Cc1nn2c([C@H]3CCCN(Cc4ccc(Cl)cc4)C3)ccnc2c1CNC(C)c1ccccc1. The van der Waals surface area contributed by atoms with E-state index < -0.39 is 0 Å². The molecule has 2 atom stereocenters. The Balaban J connectivity index is 1.33. The zero-order chi connectivity index (χ0) is 23.5. The molecule has 1 unspecified atom stereocenters. The van der Waals surface area contributed by atoms with Crippen LogP contribution >= 0.6 is 11.6 Å². The maximum Gasteiger partial charge on any atom is 0.159 e. The summed E-state index contributed by atoms with van der Waals surface area (Å²) in [5, 5.41) is 9.39. The second-order valence-electron chi connectivity index (χ2n) is 9.38. The zero-order valence-corrected chi connectivity index (χ0v) is 20.7. The molecule has 5 nitrogen and oxygen atoms in total. The summed E-state index contributed by atoms with van der Waals surface area (Å²) in [6, 6.07) is 21.2. The normalized spacial score (nSPS) is 17.8. The third-order valence-corrected chi connectivity index (χ3v) is 7.22. The van der Waals surface area contributed by atoms with E-state index in [-0.39, 0.29) is 6.04 Å². The summed E-state index contributed by atoms with van der Waals surface area (Å²) in [4.78, 5) is 7.28. The molecule has 4 aromatic rings. The van der Waals surface area contributed by atoms with Crippen molar-refractivity contribution in [2.24, 2.45) is 0 Å². The molecular weight excluding hydrogens is 442 g/mol. The zero-order valence-electron chi connectivity index (χ0n) is 19.9. The standard InChI is InChI=1S/C28H32ClN5/c1-20(23-7-4-3-5-8-23)31-17-26-21(2)32-34-27(14-15-30-28(26)34)24-9-6-16-33(19-24)18-22-10-12-25(29)13-11-22/h3-5,7-8,10-15,20,24,31H,6,9,16-19H2,1-2H3/t20?,24-/m0/s1. The summed E-state index contributed by atoms with van der Waals surface area (Å²) in [5.74, 6) is 0.440. The highest BCUT2D eigenvalue weighted by atomic mass is 35.5. The highest BCUT2D eigenvalue weighted by Gasteiger charge is 2.25. The number of aryl methyl sites for hydroxylation is 1. The first-order valence-electron chi connectivity index (χ1n) is 12.2. The molecule has 2 aromatic carbocycles. The summed E-state index contributed by atoms with van der Waals surface area (Å²) in [5.41, 5.74) is 7.04. The van der Waals surface area contributed by atoms with Crippen LogP contribution in [-0.2, 0) is 13.1 Å². The monoisotopic (exact) mass is 473 g/mol. The quantitative estimate of drug-likeness (QED) is 0.362. The average molecular weight is 474 g/mol. The van der Waals surface area contributed by atoms with Gasteiger partial charge in [0.25, 0.3) is 0 Å². The van der Waals surface area contributed by atoms with Crippen LogP contribution in [0.15, 0.2) is 66.9 Å². The Kier molecular flexibility index (Phi) is 6.95. The van der Waals surface area contributed by atoms with Crippen LogP contribution in [-0.4, -0.2) is 32.6 Å². The van der Waals surface area contributed by atoms with Crippen LogP contribution in [0.3, 0.4) is 0 Å². The van der Waals surface area contributed by atoms with Crippen molar-refractivity contribution < 1.29 is 0 Å². The molecule has 34 heavy (non-hydrogen) atoms. The minimum Gasteiger partial charge on any atom is -0.306 e. The summed E-state index contributed by atoms with van der Waals surface area (Å²) in [6.07, 6.45) is 4.31. The fraction of sp³-hybridized carbons (Fsp3) is 0.357. The van der Waals surface area contributed by atoms with E-state index in [1.807, 2.05) is 18.3 Å². The molecule has 6 heteroatoms. The highest BCUT2D eigenvalue weighted by Crippen LogP contribution is 2.29. The lowest BCUT2D eigenvalue weighted by Crippen LogP contribution is -2.34. The largest absolute Gasteiger partial charge is 0.306 e. The smallest absolute Gasteiger partial charge is 0.159 e. The number of hydrogen-bond acceptors (Lipinski definition) is 4. The van der Waals surface area contributed by atoms with Gasteiger partial charge in [0.2, 0.25) is 0 Å². The maximum absolute atomic E-state index is 6.06. The van der Waals surface area contributed by atoms with Gasteiger partial charge in [-0.2, -0.15) is 5.10 Å². The molecule has 0 radical (unpaired) electrons. The number of halogens is 1. The highest BCUT2D eigenvalue weighted by molar-refractivity contribution is 6.30. The van der Waals surface area contributed by atoms with E-state index in [9.17, 15) is 0 Å². The van der Waals surface area contributed by atoms with Crippen molar-refractivity contribution in [2.45, 2.75) is 51.7 Å². The average Bonchev–Trinajstić information content (AvgIpc) is 3.19. The van der Waals surface area contributed by atoms with Gasteiger partial charge in [0.1, 0.15) is 0 Å². The lowest BCUT2D eigenvalue weighted by molar-refractivity contribution is 0.197. The fourth-order valence-electron chi connectivity index (χ4n) is 5.03. The Morgan fingerprint density at radius 3 is 2.68 bits per heavy atom. The number of piperidine rings is 1. The Morgan fingerprint density at radius 1 is 1.09 bits per heavy atom. The number of aromatic nitrogens is 3. The number of fused-ring (bicyclic) bond motifs is 1. The molecule has 0 spiro atoms. The second kappa shape index (κ2) is 10.3. The van der Waals surface area contributed by atoms with Crippen LogP contribution in [0.25, 0.3) is 5.65 Å². The number of benzene rings is 2. The van der Waals surface area contributed by atoms with Gasteiger partial charge in [0.05, 0.1) is 11.4 Å². The van der Waals surface area contributed by atoms with Crippen molar-refractivity contribution in [1.29, 1.82) is 0 Å². The molecule has 0 amide bonds. The summed E-state index contributed by atoms with van der Waals surface area (Å²) < 4.78 is 2.09.